The van der Waals surface area contributed by atoms with Crippen molar-refractivity contribution in [2.24, 2.45) is 5.10 Å². The van der Waals surface area contributed by atoms with Crippen molar-refractivity contribution in [2.45, 2.75) is 6.42 Å². The lowest BCUT2D eigenvalue weighted by molar-refractivity contribution is -0.384. The van der Waals surface area contributed by atoms with Crippen LogP contribution < -0.4 is 10.3 Å². The van der Waals surface area contributed by atoms with Crippen molar-refractivity contribution in [3.8, 4) is 0 Å². The Morgan fingerprint density at radius 1 is 1.23 bits per heavy atom. The zero-order valence-electron chi connectivity index (χ0n) is 13.0. The molecule has 26 heavy (non-hydrogen) atoms. The van der Waals surface area contributed by atoms with Gasteiger partial charge in [0.05, 0.1) is 22.1 Å². The largest absolute Gasteiger partial charge is 0.308 e. The van der Waals surface area contributed by atoms with Crippen LogP contribution in [0.25, 0.3) is 0 Å². The van der Waals surface area contributed by atoms with Gasteiger partial charge in [-0.05, 0) is 24.3 Å². The molecule has 0 unspecified atom stereocenters. The smallest absolute Gasteiger partial charge is 0.270 e. The standard InChI is InChI=1S/C16H10Cl2N4O4/c17-10-4-5-12(18)13(7-10)21-15(23)8-14(20-21)19-16(24)9-2-1-3-11(6-9)22(25)26/h1-7H,8H2,(H,19,20,24). The summed E-state index contributed by atoms with van der Waals surface area (Å²) in [7, 11) is 0. The van der Waals surface area contributed by atoms with E-state index in [1.165, 1.54) is 30.3 Å². The monoisotopic (exact) mass is 392 g/mol. The number of nitro groups is 1. The molecule has 2 amide bonds. The van der Waals surface area contributed by atoms with E-state index in [1.807, 2.05) is 0 Å². The van der Waals surface area contributed by atoms with Gasteiger partial charge in [0.2, 0.25) is 0 Å². The van der Waals surface area contributed by atoms with Crippen molar-refractivity contribution in [2.75, 3.05) is 5.01 Å². The second-order valence-corrected chi connectivity index (χ2v) is 6.13. The predicted octanol–water partition coefficient (Wildman–Crippen LogP) is 3.38. The van der Waals surface area contributed by atoms with Crippen LogP contribution in [-0.4, -0.2) is 22.6 Å². The quantitative estimate of drug-likeness (QED) is 0.638. The van der Waals surface area contributed by atoms with Gasteiger partial charge in [0.15, 0.2) is 0 Å². The molecule has 2 aromatic rings. The van der Waals surface area contributed by atoms with Crippen LogP contribution >= 0.6 is 23.2 Å². The zero-order chi connectivity index (χ0) is 18.8. The Bertz CT molecular complexity index is 961. The highest BCUT2D eigenvalue weighted by Gasteiger charge is 2.28. The number of amidine groups is 1. The average Bonchev–Trinajstić information content (AvgIpc) is 2.97. The van der Waals surface area contributed by atoms with E-state index in [0.29, 0.717) is 10.7 Å². The van der Waals surface area contributed by atoms with Gasteiger partial charge in [-0.2, -0.15) is 10.1 Å². The van der Waals surface area contributed by atoms with E-state index in [-0.39, 0.29) is 28.5 Å². The number of halogens is 2. The average molecular weight is 393 g/mol. The van der Waals surface area contributed by atoms with Crippen molar-refractivity contribution in [1.29, 1.82) is 0 Å². The number of amides is 2. The minimum atomic E-state index is -0.612. The topological polar surface area (TPSA) is 105 Å². The number of carbonyl (C=O) groups is 2. The van der Waals surface area contributed by atoms with Gasteiger partial charge in [-0.25, -0.2) is 0 Å². The zero-order valence-corrected chi connectivity index (χ0v) is 14.5. The molecule has 0 saturated heterocycles. The van der Waals surface area contributed by atoms with E-state index >= 15 is 0 Å². The highest BCUT2D eigenvalue weighted by molar-refractivity contribution is 6.36. The SMILES string of the molecule is O=C(NC1=NN(c2cc(Cl)ccc2Cl)C(=O)C1)c1cccc([N+](=O)[O-])c1. The summed E-state index contributed by atoms with van der Waals surface area (Å²) in [6.07, 6.45) is -0.149. The summed E-state index contributed by atoms with van der Waals surface area (Å²) in [6, 6.07) is 9.81. The van der Waals surface area contributed by atoms with E-state index in [9.17, 15) is 19.7 Å². The molecule has 0 spiro atoms. The summed E-state index contributed by atoms with van der Waals surface area (Å²) in [5.74, 6) is -0.912. The van der Waals surface area contributed by atoms with Gasteiger partial charge in [-0.15, -0.1) is 0 Å². The number of rotatable bonds is 3. The lowest BCUT2D eigenvalue weighted by atomic mass is 10.2. The Hall–Kier alpha value is -2.97. The third kappa shape index (κ3) is 3.66. The Labute approximate surface area is 157 Å². The molecule has 0 radical (unpaired) electrons. The lowest BCUT2D eigenvalue weighted by Crippen LogP contribution is -2.29. The van der Waals surface area contributed by atoms with Crippen LogP contribution in [0.3, 0.4) is 0 Å². The van der Waals surface area contributed by atoms with Crippen molar-refractivity contribution in [3.05, 3.63) is 68.2 Å². The van der Waals surface area contributed by atoms with Crippen molar-refractivity contribution >= 4 is 52.2 Å². The Balaban J connectivity index is 1.81. The van der Waals surface area contributed by atoms with Crippen LogP contribution in [0.15, 0.2) is 47.6 Å². The summed E-state index contributed by atoms with van der Waals surface area (Å²) < 4.78 is 0. The van der Waals surface area contributed by atoms with Gasteiger partial charge in [0, 0.05) is 22.7 Å². The van der Waals surface area contributed by atoms with E-state index in [1.54, 1.807) is 6.07 Å². The maximum absolute atomic E-state index is 12.3. The fourth-order valence-electron chi connectivity index (χ4n) is 2.30. The maximum Gasteiger partial charge on any atom is 0.270 e. The second kappa shape index (κ2) is 7.11. The highest BCUT2D eigenvalue weighted by atomic mass is 35.5. The van der Waals surface area contributed by atoms with Crippen molar-refractivity contribution in [1.82, 2.24) is 5.32 Å². The van der Waals surface area contributed by atoms with Crippen LogP contribution in [0.1, 0.15) is 16.8 Å². The van der Waals surface area contributed by atoms with E-state index in [4.69, 9.17) is 23.2 Å². The number of hydrogen-bond acceptors (Lipinski definition) is 5. The molecular weight excluding hydrogens is 383 g/mol. The van der Waals surface area contributed by atoms with E-state index in [2.05, 4.69) is 10.4 Å². The first-order chi connectivity index (χ1) is 12.3. The van der Waals surface area contributed by atoms with Gasteiger partial charge < -0.3 is 5.32 Å². The molecular formula is C16H10Cl2N4O4. The molecule has 8 nitrogen and oxygen atoms in total. The van der Waals surface area contributed by atoms with Gasteiger partial charge in [-0.3, -0.25) is 19.7 Å². The Kier molecular flexibility index (Phi) is 4.88. The summed E-state index contributed by atoms with van der Waals surface area (Å²) in [6.45, 7) is 0. The molecule has 1 aliphatic rings. The molecule has 0 saturated carbocycles. The first kappa shape index (κ1) is 17.8. The summed E-state index contributed by atoms with van der Waals surface area (Å²) in [5, 5.41) is 19.0. The van der Waals surface area contributed by atoms with Crippen LogP contribution in [0.5, 0.6) is 0 Å². The Morgan fingerprint density at radius 2 is 2.00 bits per heavy atom. The number of anilines is 1. The number of nitrogens with zero attached hydrogens (tertiary/aromatic N) is 3. The van der Waals surface area contributed by atoms with E-state index < -0.39 is 16.7 Å². The summed E-state index contributed by atoms with van der Waals surface area (Å²) >= 11 is 12.0. The van der Waals surface area contributed by atoms with Gasteiger partial charge in [-0.1, -0.05) is 29.3 Å². The minimum Gasteiger partial charge on any atom is -0.308 e. The molecule has 0 atom stereocenters. The maximum atomic E-state index is 12.3. The molecule has 0 fully saturated rings. The first-order valence-corrected chi connectivity index (χ1v) is 8.02. The van der Waals surface area contributed by atoms with Crippen LogP contribution in [0, 0.1) is 10.1 Å². The van der Waals surface area contributed by atoms with Crippen molar-refractivity contribution < 1.29 is 14.5 Å². The molecule has 0 aliphatic carbocycles. The molecule has 3 rings (SSSR count). The highest BCUT2D eigenvalue weighted by Crippen LogP contribution is 2.31. The van der Waals surface area contributed by atoms with Crippen LogP contribution in [0.2, 0.25) is 10.0 Å². The number of benzene rings is 2. The molecule has 1 heterocycles. The summed E-state index contributed by atoms with van der Waals surface area (Å²) in [4.78, 5) is 34.6. The molecule has 0 aromatic heterocycles. The minimum absolute atomic E-state index is 0.0774. The summed E-state index contributed by atoms with van der Waals surface area (Å²) in [5.41, 5.74) is 0.159. The molecule has 1 N–H and O–H groups in total. The third-order valence-electron chi connectivity index (χ3n) is 3.49. The molecule has 2 aromatic carbocycles. The predicted molar refractivity (Wildman–Crippen MR) is 96.6 cm³/mol. The number of non-ortho nitro benzene ring substituents is 1. The normalized spacial score (nSPS) is 13.5. The number of nitrogens with one attached hydrogen (secondary N) is 1. The molecule has 1 aliphatic heterocycles. The van der Waals surface area contributed by atoms with Crippen LogP contribution in [-0.2, 0) is 4.79 Å². The van der Waals surface area contributed by atoms with Crippen LogP contribution in [0.4, 0.5) is 11.4 Å². The van der Waals surface area contributed by atoms with Gasteiger partial charge >= 0.3 is 0 Å². The number of hydrazone groups is 1. The number of nitro benzene ring substituents is 1. The fourth-order valence-corrected chi connectivity index (χ4v) is 2.66. The fraction of sp³-hybridized carbons (Fsp3) is 0.0625. The molecule has 10 heteroatoms. The lowest BCUT2D eigenvalue weighted by Gasteiger charge is -2.13. The molecule has 0 bridgehead atoms. The van der Waals surface area contributed by atoms with E-state index in [0.717, 1.165) is 11.1 Å². The first-order valence-electron chi connectivity index (χ1n) is 7.26. The van der Waals surface area contributed by atoms with Gasteiger partial charge in [0.25, 0.3) is 17.5 Å². The van der Waals surface area contributed by atoms with Crippen molar-refractivity contribution in [3.63, 3.8) is 0 Å². The number of hydrogen-bond donors (Lipinski definition) is 1. The Morgan fingerprint density at radius 3 is 2.73 bits per heavy atom. The van der Waals surface area contributed by atoms with Gasteiger partial charge in [0.1, 0.15) is 5.84 Å². The number of carbonyl (C=O) groups excluding carboxylic acids is 2. The second-order valence-electron chi connectivity index (χ2n) is 5.29. The molecule has 132 valence electrons. The third-order valence-corrected chi connectivity index (χ3v) is 4.04.